The minimum absolute atomic E-state index is 0.234. The molecule has 6 heteroatoms. The molecule has 0 aromatic rings. The molecule has 0 aliphatic rings. The van der Waals surface area contributed by atoms with Crippen molar-refractivity contribution >= 4 is 11.8 Å². The Hall–Kier alpha value is -1.14. The molecular formula is C16H33N3O3. The van der Waals surface area contributed by atoms with Gasteiger partial charge in [-0.2, -0.15) is 0 Å². The molecule has 0 fully saturated rings. The van der Waals surface area contributed by atoms with Crippen LogP contribution < -0.4 is 16.0 Å². The Morgan fingerprint density at radius 3 is 2.27 bits per heavy atom. The standard InChI is InChI=1S/C16H33N3O3/c1-12(2)7-5-6-9-18-16(22)14(11-20)19-15(21)8-10-17-13(3)4/h12-14,17,20H,5-11H2,1-4H3,(H,18,22)(H,19,21)/t14-/m1/s1. The van der Waals surface area contributed by atoms with Gasteiger partial charge in [-0.15, -0.1) is 0 Å². The summed E-state index contributed by atoms with van der Waals surface area (Å²) < 4.78 is 0. The molecule has 0 rings (SSSR count). The predicted octanol–water partition coefficient (Wildman–Crippen LogP) is 0.794. The summed E-state index contributed by atoms with van der Waals surface area (Å²) >= 11 is 0. The molecule has 0 aliphatic heterocycles. The second kappa shape index (κ2) is 12.4. The lowest BCUT2D eigenvalue weighted by Gasteiger charge is -2.16. The summed E-state index contributed by atoms with van der Waals surface area (Å²) in [6.07, 6.45) is 3.40. The fourth-order valence-corrected chi connectivity index (χ4v) is 1.95. The van der Waals surface area contributed by atoms with E-state index in [2.05, 4.69) is 29.8 Å². The number of carbonyl (C=O) groups excluding carboxylic acids is 2. The van der Waals surface area contributed by atoms with Crippen molar-refractivity contribution in [2.24, 2.45) is 5.92 Å². The molecule has 0 bridgehead atoms. The maximum absolute atomic E-state index is 11.9. The van der Waals surface area contributed by atoms with Crippen molar-refractivity contribution in [1.29, 1.82) is 0 Å². The Kier molecular flexibility index (Phi) is 11.8. The minimum atomic E-state index is -0.864. The first-order valence-corrected chi connectivity index (χ1v) is 8.28. The van der Waals surface area contributed by atoms with Crippen LogP contribution in [0.3, 0.4) is 0 Å². The van der Waals surface area contributed by atoms with E-state index in [1.165, 1.54) is 0 Å². The van der Waals surface area contributed by atoms with E-state index >= 15 is 0 Å². The molecule has 0 spiro atoms. The van der Waals surface area contributed by atoms with Gasteiger partial charge in [0.15, 0.2) is 0 Å². The lowest BCUT2D eigenvalue weighted by atomic mass is 10.1. The number of aliphatic hydroxyl groups is 1. The zero-order valence-corrected chi connectivity index (χ0v) is 14.4. The van der Waals surface area contributed by atoms with E-state index in [0.717, 1.165) is 19.3 Å². The highest BCUT2D eigenvalue weighted by Gasteiger charge is 2.19. The highest BCUT2D eigenvalue weighted by atomic mass is 16.3. The predicted molar refractivity (Wildman–Crippen MR) is 88.5 cm³/mol. The van der Waals surface area contributed by atoms with Gasteiger partial charge in [0.25, 0.3) is 0 Å². The number of rotatable bonds is 12. The van der Waals surface area contributed by atoms with Crippen molar-refractivity contribution < 1.29 is 14.7 Å². The van der Waals surface area contributed by atoms with Crippen LogP contribution in [0.5, 0.6) is 0 Å². The number of unbranched alkanes of at least 4 members (excludes halogenated alkanes) is 1. The van der Waals surface area contributed by atoms with Gasteiger partial charge in [0, 0.05) is 25.6 Å². The van der Waals surface area contributed by atoms with Crippen molar-refractivity contribution in [1.82, 2.24) is 16.0 Å². The minimum Gasteiger partial charge on any atom is -0.394 e. The maximum Gasteiger partial charge on any atom is 0.244 e. The average Bonchev–Trinajstić information content (AvgIpc) is 2.43. The summed E-state index contributed by atoms with van der Waals surface area (Å²) in [7, 11) is 0. The van der Waals surface area contributed by atoms with E-state index in [0.29, 0.717) is 25.0 Å². The first kappa shape index (κ1) is 20.9. The van der Waals surface area contributed by atoms with Crippen LogP contribution in [-0.2, 0) is 9.59 Å². The van der Waals surface area contributed by atoms with E-state index in [-0.39, 0.29) is 24.8 Å². The summed E-state index contributed by atoms with van der Waals surface area (Å²) in [5.41, 5.74) is 0. The van der Waals surface area contributed by atoms with E-state index < -0.39 is 6.04 Å². The van der Waals surface area contributed by atoms with Crippen LogP contribution in [0.1, 0.15) is 53.4 Å². The molecule has 0 aromatic carbocycles. The molecule has 130 valence electrons. The Morgan fingerprint density at radius 1 is 1.05 bits per heavy atom. The highest BCUT2D eigenvalue weighted by Crippen LogP contribution is 2.05. The summed E-state index contributed by atoms with van der Waals surface area (Å²) in [6, 6.07) is -0.549. The number of carbonyl (C=O) groups is 2. The second-order valence-electron chi connectivity index (χ2n) is 6.34. The molecule has 0 saturated carbocycles. The van der Waals surface area contributed by atoms with E-state index in [9.17, 15) is 14.7 Å². The van der Waals surface area contributed by atoms with Gasteiger partial charge >= 0.3 is 0 Å². The van der Waals surface area contributed by atoms with Crippen molar-refractivity contribution in [3.63, 3.8) is 0 Å². The smallest absolute Gasteiger partial charge is 0.244 e. The normalized spacial score (nSPS) is 12.5. The van der Waals surface area contributed by atoms with Gasteiger partial charge in [-0.25, -0.2) is 0 Å². The number of nitrogens with one attached hydrogen (secondary N) is 3. The Morgan fingerprint density at radius 2 is 1.73 bits per heavy atom. The Balaban J connectivity index is 3.91. The van der Waals surface area contributed by atoms with E-state index in [1.54, 1.807) is 0 Å². The monoisotopic (exact) mass is 315 g/mol. The molecule has 0 aromatic heterocycles. The van der Waals surface area contributed by atoms with Crippen molar-refractivity contribution in [3.05, 3.63) is 0 Å². The van der Waals surface area contributed by atoms with Gasteiger partial charge in [0.05, 0.1) is 6.61 Å². The number of hydrogen-bond acceptors (Lipinski definition) is 4. The van der Waals surface area contributed by atoms with E-state index in [1.807, 2.05) is 13.8 Å². The van der Waals surface area contributed by atoms with Crippen LogP contribution in [0.25, 0.3) is 0 Å². The van der Waals surface area contributed by atoms with Crippen LogP contribution >= 0.6 is 0 Å². The third-order valence-electron chi connectivity index (χ3n) is 3.25. The van der Waals surface area contributed by atoms with Gasteiger partial charge < -0.3 is 21.1 Å². The molecule has 22 heavy (non-hydrogen) atoms. The van der Waals surface area contributed by atoms with Crippen LogP contribution in [-0.4, -0.2) is 48.7 Å². The molecular weight excluding hydrogens is 282 g/mol. The molecule has 0 unspecified atom stereocenters. The summed E-state index contributed by atoms with van der Waals surface area (Å²) in [5.74, 6) is 0.110. The average molecular weight is 315 g/mol. The van der Waals surface area contributed by atoms with Crippen LogP contribution in [0.15, 0.2) is 0 Å². The molecule has 0 heterocycles. The van der Waals surface area contributed by atoms with Crippen LogP contribution in [0.4, 0.5) is 0 Å². The highest BCUT2D eigenvalue weighted by molar-refractivity contribution is 5.87. The summed E-state index contributed by atoms with van der Waals surface area (Å²) in [4.78, 5) is 23.6. The van der Waals surface area contributed by atoms with Crippen LogP contribution in [0.2, 0.25) is 0 Å². The molecule has 4 N–H and O–H groups in total. The third-order valence-corrected chi connectivity index (χ3v) is 3.25. The fraction of sp³-hybridized carbons (Fsp3) is 0.875. The first-order valence-electron chi connectivity index (χ1n) is 8.28. The maximum atomic E-state index is 11.9. The quantitative estimate of drug-likeness (QED) is 0.401. The number of aliphatic hydroxyl groups excluding tert-OH is 1. The number of amides is 2. The van der Waals surface area contributed by atoms with Crippen molar-refractivity contribution in [3.8, 4) is 0 Å². The van der Waals surface area contributed by atoms with Gasteiger partial charge in [0.2, 0.25) is 11.8 Å². The van der Waals surface area contributed by atoms with Crippen molar-refractivity contribution in [2.45, 2.75) is 65.5 Å². The van der Waals surface area contributed by atoms with Gasteiger partial charge in [-0.3, -0.25) is 9.59 Å². The molecule has 0 radical (unpaired) electrons. The van der Waals surface area contributed by atoms with Crippen molar-refractivity contribution in [2.75, 3.05) is 19.7 Å². The molecule has 0 aliphatic carbocycles. The topological polar surface area (TPSA) is 90.5 Å². The van der Waals surface area contributed by atoms with Gasteiger partial charge in [-0.1, -0.05) is 40.5 Å². The lowest BCUT2D eigenvalue weighted by molar-refractivity contribution is -0.129. The van der Waals surface area contributed by atoms with Gasteiger partial charge in [0.1, 0.15) is 6.04 Å². The first-order chi connectivity index (χ1) is 10.4. The SMILES string of the molecule is CC(C)CCCCNC(=O)[C@@H](CO)NC(=O)CCNC(C)C. The third kappa shape index (κ3) is 11.5. The molecule has 0 saturated heterocycles. The number of hydrogen-bond donors (Lipinski definition) is 4. The summed E-state index contributed by atoms with van der Waals surface area (Å²) in [6.45, 7) is 9.09. The van der Waals surface area contributed by atoms with E-state index in [4.69, 9.17) is 0 Å². The zero-order valence-electron chi connectivity index (χ0n) is 14.4. The molecule has 6 nitrogen and oxygen atoms in total. The lowest BCUT2D eigenvalue weighted by Crippen LogP contribution is -2.49. The summed E-state index contributed by atoms with van der Waals surface area (Å²) in [5, 5.41) is 17.7. The fourth-order valence-electron chi connectivity index (χ4n) is 1.95. The van der Waals surface area contributed by atoms with Gasteiger partial charge in [-0.05, 0) is 12.3 Å². The van der Waals surface area contributed by atoms with Crippen LogP contribution in [0, 0.1) is 5.92 Å². The zero-order chi connectivity index (χ0) is 17.0. The molecule has 2 amide bonds. The Bertz CT molecular complexity index is 320. The second-order valence-corrected chi connectivity index (χ2v) is 6.34. The Labute approximate surface area is 134 Å². The molecule has 1 atom stereocenters. The largest absolute Gasteiger partial charge is 0.394 e.